The highest BCUT2D eigenvalue weighted by Gasteiger charge is 2.24. The van der Waals surface area contributed by atoms with Crippen LogP contribution in [0.4, 0.5) is 11.5 Å². The summed E-state index contributed by atoms with van der Waals surface area (Å²) in [6.45, 7) is 3.41. The molecule has 0 radical (unpaired) electrons. The summed E-state index contributed by atoms with van der Waals surface area (Å²) in [6, 6.07) is 12.5. The van der Waals surface area contributed by atoms with E-state index in [1.54, 1.807) is 36.4 Å². The van der Waals surface area contributed by atoms with Crippen molar-refractivity contribution in [3.63, 3.8) is 0 Å². The molecule has 2 aromatic carbocycles. The fourth-order valence-electron chi connectivity index (χ4n) is 3.80. The molecule has 1 fully saturated rings. The second-order valence-electron chi connectivity index (χ2n) is 7.36. The van der Waals surface area contributed by atoms with Crippen molar-refractivity contribution in [2.75, 3.05) is 18.5 Å². The number of benzene rings is 2. The topological polar surface area (TPSA) is 87.2 Å². The number of aromatic nitrogens is 2. The van der Waals surface area contributed by atoms with Crippen LogP contribution in [0.5, 0.6) is 0 Å². The van der Waals surface area contributed by atoms with E-state index >= 15 is 0 Å². The van der Waals surface area contributed by atoms with Crippen LogP contribution in [0.2, 0.25) is 5.02 Å². The lowest BCUT2D eigenvalue weighted by atomic mass is 10.2. The van der Waals surface area contributed by atoms with Crippen LogP contribution in [0.25, 0.3) is 10.9 Å². The first-order valence-corrected chi connectivity index (χ1v) is 11.8. The van der Waals surface area contributed by atoms with Crippen molar-refractivity contribution < 1.29 is 8.42 Å². The molecule has 1 aliphatic heterocycles. The molecule has 3 aromatic rings. The number of nitrogens with zero attached hydrogens (tertiary/aromatic N) is 3. The van der Waals surface area contributed by atoms with Gasteiger partial charge in [0.1, 0.15) is 12.1 Å². The van der Waals surface area contributed by atoms with Crippen molar-refractivity contribution in [3.8, 4) is 0 Å². The van der Waals surface area contributed by atoms with Crippen LogP contribution in [-0.4, -0.2) is 42.5 Å². The highest BCUT2D eigenvalue weighted by molar-refractivity contribution is 7.89. The van der Waals surface area contributed by atoms with E-state index in [9.17, 15) is 8.42 Å². The zero-order valence-corrected chi connectivity index (χ0v) is 18.2. The highest BCUT2D eigenvalue weighted by atomic mass is 35.5. The van der Waals surface area contributed by atoms with Gasteiger partial charge in [0.2, 0.25) is 10.0 Å². The molecular formula is C21H24ClN5O2S. The molecule has 1 atom stereocenters. The van der Waals surface area contributed by atoms with E-state index in [1.165, 1.54) is 6.33 Å². The third-order valence-corrected chi connectivity index (χ3v) is 7.09. The Kier molecular flexibility index (Phi) is 6.19. The van der Waals surface area contributed by atoms with Gasteiger partial charge in [0.25, 0.3) is 0 Å². The Morgan fingerprint density at radius 3 is 2.73 bits per heavy atom. The fraction of sp³-hybridized carbons (Fsp3) is 0.333. The summed E-state index contributed by atoms with van der Waals surface area (Å²) in [5, 5.41) is 4.65. The summed E-state index contributed by atoms with van der Waals surface area (Å²) in [7, 11) is -3.57. The maximum absolute atomic E-state index is 12.7. The molecule has 1 unspecified atom stereocenters. The molecule has 0 amide bonds. The number of sulfonamides is 1. The zero-order chi connectivity index (χ0) is 21.1. The second-order valence-corrected chi connectivity index (χ2v) is 9.56. The average molecular weight is 446 g/mol. The molecule has 1 aliphatic rings. The largest absolute Gasteiger partial charge is 0.340 e. The van der Waals surface area contributed by atoms with Crippen LogP contribution in [0.3, 0.4) is 0 Å². The Balaban J connectivity index is 1.46. The average Bonchev–Trinajstić information content (AvgIpc) is 3.20. The summed E-state index contributed by atoms with van der Waals surface area (Å²) in [6.07, 6.45) is 4.74. The summed E-state index contributed by atoms with van der Waals surface area (Å²) in [5.41, 5.74) is 1.46. The van der Waals surface area contributed by atoms with E-state index in [2.05, 4.69) is 31.8 Å². The van der Waals surface area contributed by atoms with Gasteiger partial charge in [-0.2, -0.15) is 4.72 Å². The molecular weight excluding hydrogens is 422 g/mol. The van der Waals surface area contributed by atoms with Gasteiger partial charge in [-0.15, -0.1) is 0 Å². The van der Waals surface area contributed by atoms with Crippen LogP contribution in [-0.2, 0) is 10.0 Å². The molecule has 7 nitrogen and oxygen atoms in total. The minimum Gasteiger partial charge on any atom is -0.340 e. The molecule has 4 rings (SSSR count). The molecule has 9 heteroatoms. The molecule has 1 aromatic heterocycles. The van der Waals surface area contributed by atoms with Crippen molar-refractivity contribution in [2.24, 2.45) is 0 Å². The lowest BCUT2D eigenvalue weighted by Gasteiger charge is -2.23. The Labute approximate surface area is 181 Å². The number of anilines is 2. The summed E-state index contributed by atoms with van der Waals surface area (Å²) >= 11 is 6.03. The van der Waals surface area contributed by atoms with Gasteiger partial charge in [-0.1, -0.05) is 18.5 Å². The molecule has 0 saturated carbocycles. The van der Waals surface area contributed by atoms with E-state index in [-0.39, 0.29) is 4.90 Å². The van der Waals surface area contributed by atoms with E-state index in [0.29, 0.717) is 23.6 Å². The number of likely N-dealkylation sites (tertiary alicyclic amines) is 1. The van der Waals surface area contributed by atoms with Crippen molar-refractivity contribution in [1.29, 1.82) is 0 Å². The number of fused-ring (bicyclic) bond motifs is 1. The maximum atomic E-state index is 12.7. The third-order valence-electron chi connectivity index (χ3n) is 5.45. The SMILES string of the molecule is CCC1CCCN1CNS(=O)(=O)c1ccc(Nc2ncnc3cc(Cl)ccc23)cc1. The smallest absolute Gasteiger partial charge is 0.241 e. The normalized spacial score (nSPS) is 17.5. The molecule has 0 spiro atoms. The van der Waals surface area contributed by atoms with Crippen LogP contribution in [0.15, 0.2) is 53.7 Å². The predicted molar refractivity (Wildman–Crippen MR) is 119 cm³/mol. The Bertz CT molecular complexity index is 1140. The minimum atomic E-state index is -3.57. The van der Waals surface area contributed by atoms with E-state index in [1.807, 2.05) is 6.07 Å². The summed E-state index contributed by atoms with van der Waals surface area (Å²) in [5.74, 6) is 0.630. The monoisotopic (exact) mass is 445 g/mol. The van der Waals surface area contributed by atoms with Crippen molar-refractivity contribution in [2.45, 2.75) is 37.1 Å². The van der Waals surface area contributed by atoms with Gasteiger partial charge in [0.05, 0.1) is 17.1 Å². The Hall–Kier alpha value is -2.26. The van der Waals surface area contributed by atoms with Crippen molar-refractivity contribution in [3.05, 3.63) is 53.8 Å². The number of hydrogen-bond acceptors (Lipinski definition) is 6. The molecule has 2 N–H and O–H groups in total. The van der Waals surface area contributed by atoms with Crippen molar-refractivity contribution in [1.82, 2.24) is 19.6 Å². The summed E-state index contributed by atoms with van der Waals surface area (Å²) < 4.78 is 28.1. The second kappa shape index (κ2) is 8.85. The van der Waals surface area contributed by atoms with Gasteiger partial charge < -0.3 is 5.32 Å². The van der Waals surface area contributed by atoms with Gasteiger partial charge >= 0.3 is 0 Å². The van der Waals surface area contributed by atoms with E-state index in [0.717, 1.165) is 42.4 Å². The third kappa shape index (κ3) is 4.57. The quantitative estimate of drug-likeness (QED) is 0.568. The standard InChI is InChI=1S/C21H24ClN5O2S/c1-2-17-4-3-11-27(17)14-25-30(28,29)18-8-6-16(7-9-18)26-21-19-10-5-15(22)12-20(19)23-13-24-21/h5-10,12-13,17,25H,2-4,11,14H2,1H3,(H,23,24,26). The molecule has 30 heavy (non-hydrogen) atoms. The van der Waals surface area contributed by atoms with Crippen LogP contribution < -0.4 is 10.0 Å². The van der Waals surface area contributed by atoms with E-state index < -0.39 is 10.0 Å². The lowest BCUT2D eigenvalue weighted by molar-refractivity contribution is 0.245. The number of rotatable bonds is 7. The van der Waals surface area contributed by atoms with Gasteiger partial charge in [-0.25, -0.2) is 18.4 Å². The molecule has 1 saturated heterocycles. The van der Waals surface area contributed by atoms with Gasteiger partial charge in [0.15, 0.2) is 0 Å². The number of hydrogen-bond donors (Lipinski definition) is 2. The maximum Gasteiger partial charge on any atom is 0.241 e. The Morgan fingerprint density at radius 1 is 1.17 bits per heavy atom. The van der Waals surface area contributed by atoms with E-state index in [4.69, 9.17) is 11.6 Å². The predicted octanol–water partition coefficient (Wildman–Crippen LogP) is 4.14. The Morgan fingerprint density at radius 2 is 1.97 bits per heavy atom. The molecule has 158 valence electrons. The van der Waals surface area contributed by atoms with Crippen LogP contribution >= 0.6 is 11.6 Å². The van der Waals surface area contributed by atoms with Gasteiger partial charge in [-0.3, -0.25) is 4.90 Å². The minimum absolute atomic E-state index is 0.236. The van der Waals surface area contributed by atoms with Crippen LogP contribution in [0, 0.1) is 0 Å². The highest BCUT2D eigenvalue weighted by Crippen LogP contribution is 2.26. The molecule has 0 bridgehead atoms. The lowest BCUT2D eigenvalue weighted by Crippen LogP contribution is -2.40. The first kappa shape index (κ1) is 21.0. The molecule has 0 aliphatic carbocycles. The first-order chi connectivity index (χ1) is 14.5. The summed E-state index contributed by atoms with van der Waals surface area (Å²) in [4.78, 5) is 10.9. The van der Waals surface area contributed by atoms with Crippen molar-refractivity contribution >= 4 is 44.0 Å². The number of halogens is 1. The molecule has 2 heterocycles. The fourth-order valence-corrected chi connectivity index (χ4v) is 4.96. The first-order valence-electron chi connectivity index (χ1n) is 9.97. The van der Waals surface area contributed by atoms with Gasteiger partial charge in [-0.05, 0) is 68.3 Å². The van der Waals surface area contributed by atoms with Crippen LogP contribution in [0.1, 0.15) is 26.2 Å². The zero-order valence-electron chi connectivity index (χ0n) is 16.7. The number of nitrogens with one attached hydrogen (secondary N) is 2. The van der Waals surface area contributed by atoms with Gasteiger partial charge in [0, 0.05) is 22.1 Å².